The third kappa shape index (κ3) is 16.5. The van der Waals surface area contributed by atoms with Crippen molar-refractivity contribution in [3.05, 3.63) is 65.6 Å². The summed E-state index contributed by atoms with van der Waals surface area (Å²) in [4.78, 5) is 98.8. The summed E-state index contributed by atoms with van der Waals surface area (Å²) in [5, 5.41) is 23.6. The van der Waals surface area contributed by atoms with Gasteiger partial charge in [0.15, 0.2) is 5.78 Å². The van der Waals surface area contributed by atoms with Crippen LogP contribution in [0.4, 0.5) is 10.7 Å². The number of hydrogen-bond acceptors (Lipinski definition) is 18. The van der Waals surface area contributed by atoms with Crippen LogP contribution >= 0.6 is 0 Å². The average molecular weight is 1120 g/mol. The Morgan fingerprint density at radius 2 is 1.54 bits per heavy atom. The van der Waals surface area contributed by atoms with Gasteiger partial charge in [0.05, 0.1) is 18.3 Å². The van der Waals surface area contributed by atoms with Crippen molar-refractivity contribution in [1.82, 2.24) is 19.8 Å². The highest BCUT2D eigenvalue weighted by atomic mass is 16.6. The van der Waals surface area contributed by atoms with Gasteiger partial charge in [0, 0.05) is 103 Å². The monoisotopic (exact) mass is 1120 g/mol. The quantitative estimate of drug-likeness (QED) is 0.155. The number of fused-ring (bicyclic) bond motifs is 3. The maximum Gasteiger partial charge on any atom is 0.410 e. The van der Waals surface area contributed by atoms with Crippen molar-refractivity contribution in [1.29, 1.82) is 0 Å². The predicted molar refractivity (Wildman–Crippen MR) is 299 cm³/mol. The third-order valence-electron chi connectivity index (χ3n) is 17.0. The van der Waals surface area contributed by atoms with Gasteiger partial charge >= 0.3 is 12.1 Å². The number of rotatable bonds is 8. The Labute approximate surface area is 472 Å². The predicted octanol–water partition coefficient (Wildman–Crippen LogP) is 5.94. The normalized spacial score (nSPS) is 36.1. The second-order valence-corrected chi connectivity index (χ2v) is 23.2. The van der Waals surface area contributed by atoms with Gasteiger partial charge in [0.1, 0.15) is 36.2 Å². The molecule has 5 aliphatic rings. The van der Waals surface area contributed by atoms with Crippen LogP contribution in [0.2, 0.25) is 0 Å². The fraction of sp³-hybridized carbons (Fsp3) is 0.700. The highest BCUT2D eigenvalue weighted by molar-refractivity contribution is 6.39. The Kier molecular flexibility index (Phi) is 23.7. The lowest BCUT2D eigenvalue weighted by molar-refractivity contribution is -0.265. The summed E-state index contributed by atoms with van der Waals surface area (Å²) in [5.41, 5.74) is 9.19. The number of ketones is 3. The molecule has 444 valence electrons. The molecule has 3 saturated heterocycles. The summed E-state index contributed by atoms with van der Waals surface area (Å²) in [6.07, 6.45) is 12.5. The van der Waals surface area contributed by atoms with E-state index in [1.807, 2.05) is 56.1 Å². The zero-order chi connectivity index (χ0) is 58.4. The van der Waals surface area contributed by atoms with Gasteiger partial charge in [-0.15, -0.1) is 0 Å². The molecule has 20 heteroatoms. The van der Waals surface area contributed by atoms with Gasteiger partial charge < -0.3 is 59.1 Å². The Balaban J connectivity index is 1.22. The molecule has 0 unspecified atom stereocenters. The molecular formula is C60H90N6O14. The number of allylic oxidation sites excluding steroid dienone is 6. The fourth-order valence-corrected chi connectivity index (χ4v) is 11.9. The van der Waals surface area contributed by atoms with Crippen molar-refractivity contribution < 1.29 is 67.4 Å². The summed E-state index contributed by atoms with van der Waals surface area (Å²) in [6.45, 7) is 14.5. The number of Topliss-reactive ketones (excluding diaryl/α,β-unsaturated/α-hetero) is 3. The van der Waals surface area contributed by atoms with Gasteiger partial charge in [0.2, 0.25) is 11.7 Å². The zero-order valence-corrected chi connectivity index (χ0v) is 48.8. The van der Waals surface area contributed by atoms with E-state index in [0.29, 0.717) is 89.1 Å². The van der Waals surface area contributed by atoms with Crippen molar-refractivity contribution in [3.63, 3.8) is 0 Å². The maximum atomic E-state index is 14.6. The number of aliphatic hydroxyl groups is 2. The van der Waals surface area contributed by atoms with Crippen LogP contribution in [-0.2, 0) is 52.4 Å². The lowest BCUT2D eigenvalue weighted by Gasteiger charge is -2.42. The van der Waals surface area contributed by atoms with Gasteiger partial charge in [0.25, 0.3) is 11.7 Å². The Morgan fingerprint density at radius 1 is 0.825 bits per heavy atom. The molecule has 4 N–H and O–H groups in total. The summed E-state index contributed by atoms with van der Waals surface area (Å²) in [6, 6.07) is -2.15. The van der Waals surface area contributed by atoms with E-state index in [9.17, 15) is 39.0 Å². The molecule has 80 heavy (non-hydrogen) atoms. The molecule has 6 rings (SSSR count). The number of aliphatic hydroxyl groups excluding tert-OH is 1. The number of esters is 1. The second-order valence-electron chi connectivity index (χ2n) is 23.2. The number of cyclic esters (lactones) is 1. The van der Waals surface area contributed by atoms with E-state index < -0.39 is 102 Å². The molecular weight excluding hydrogens is 1030 g/mol. The number of piperidine rings is 1. The number of nitrogens with zero attached hydrogens (tertiary/aromatic N) is 5. The second kappa shape index (κ2) is 29.7. The first-order valence-electron chi connectivity index (χ1n) is 28.8. The number of anilines is 1. The molecule has 0 spiro atoms. The molecule has 1 aliphatic carbocycles. The van der Waals surface area contributed by atoms with E-state index in [-0.39, 0.29) is 55.6 Å². The zero-order valence-electron chi connectivity index (χ0n) is 48.8. The van der Waals surface area contributed by atoms with Crippen molar-refractivity contribution in [3.8, 4) is 0 Å². The van der Waals surface area contributed by atoms with E-state index in [1.54, 1.807) is 65.3 Å². The molecule has 4 fully saturated rings. The summed E-state index contributed by atoms with van der Waals surface area (Å²) in [7, 11) is 4.49. The highest BCUT2D eigenvalue weighted by Gasteiger charge is 2.53. The Morgan fingerprint density at radius 3 is 2.21 bits per heavy atom. The molecule has 15 atom stereocenters. The van der Waals surface area contributed by atoms with Crippen LogP contribution in [0.3, 0.4) is 0 Å². The van der Waals surface area contributed by atoms with Crippen LogP contribution in [0, 0.1) is 36.5 Å². The molecule has 1 saturated carbocycles. The largest absolute Gasteiger partial charge is 0.459 e. The van der Waals surface area contributed by atoms with Crippen LogP contribution in [0.1, 0.15) is 124 Å². The number of carbonyl (C=O) groups is 6. The lowest BCUT2D eigenvalue weighted by Crippen LogP contribution is -2.61. The van der Waals surface area contributed by atoms with Crippen molar-refractivity contribution in [2.45, 2.75) is 186 Å². The van der Waals surface area contributed by atoms with Crippen LogP contribution in [0.15, 0.2) is 60.0 Å². The van der Waals surface area contributed by atoms with Crippen LogP contribution in [0.5, 0.6) is 0 Å². The van der Waals surface area contributed by atoms with E-state index in [1.165, 1.54) is 7.11 Å². The number of nitrogens with two attached hydrogens (primary N) is 1. The highest BCUT2D eigenvalue weighted by Crippen LogP contribution is 2.38. The number of methoxy groups -OCH3 is 3. The maximum absolute atomic E-state index is 14.6. The lowest BCUT2D eigenvalue weighted by atomic mass is 9.80. The van der Waals surface area contributed by atoms with E-state index in [4.69, 9.17) is 34.2 Å². The molecule has 4 aliphatic heterocycles. The topological polar surface area (TPSA) is 260 Å². The number of carbonyl (C=O) groups excluding carboxylic acids is 6. The van der Waals surface area contributed by atoms with Gasteiger partial charge in [-0.05, 0) is 114 Å². The average Bonchev–Trinajstić information content (AvgIpc) is 3.44. The number of aryl methyl sites for hydroxylation is 1. The number of ether oxygens (including phenoxy) is 6. The van der Waals surface area contributed by atoms with E-state index >= 15 is 0 Å². The van der Waals surface area contributed by atoms with Crippen LogP contribution in [-0.4, -0.2) is 180 Å². The summed E-state index contributed by atoms with van der Waals surface area (Å²) >= 11 is 0. The minimum absolute atomic E-state index is 0.0102. The smallest absolute Gasteiger partial charge is 0.410 e. The van der Waals surface area contributed by atoms with Crippen molar-refractivity contribution >= 4 is 41.3 Å². The van der Waals surface area contributed by atoms with Gasteiger partial charge in [-0.2, -0.15) is 0 Å². The van der Waals surface area contributed by atoms with E-state index in [2.05, 4.69) is 9.97 Å². The fourth-order valence-electron chi connectivity index (χ4n) is 11.9. The summed E-state index contributed by atoms with van der Waals surface area (Å²) < 4.78 is 35.9. The first kappa shape index (κ1) is 64.0. The number of aromatic nitrogens is 2. The first-order valence-corrected chi connectivity index (χ1v) is 28.8. The Bertz CT molecular complexity index is 2410. The number of amides is 2. The third-order valence-corrected chi connectivity index (χ3v) is 17.0. The first-order chi connectivity index (χ1) is 38.1. The van der Waals surface area contributed by atoms with Crippen molar-refractivity contribution in [2.75, 3.05) is 59.0 Å². The van der Waals surface area contributed by atoms with Gasteiger partial charge in [-0.3, -0.25) is 19.2 Å². The van der Waals surface area contributed by atoms with Crippen molar-refractivity contribution in [2.24, 2.45) is 35.3 Å². The molecule has 20 nitrogen and oxygen atoms in total. The minimum atomic E-state index is -2.48. The molecule has 0 aromatic carbocycles. The molecule has 0 radical (unpaired) electrons. The SMILES string of the molecule is CO[C@H]1C[C@@H]2CC[C@@H](C)[C@@](O)(O2)C(=O)C(=O)N2CCCC[C@H]2C(=O)O[C@H]([C@H](N)C[C@@H]2CC[C@@H](OC(=O)N3CCN(c4ncc(C)cn4)CC3)[C@H](OC)C2)CC(=O)[C@H](C)/C=C(\C)[C@@H](O)[C@@H](OC)C(=O)[C@H](C)C[C@H](C)/C=C/C=C/C=C/1C. The summed E-state index contributed by atoms with van der Waals surface area (Å²) in [5.74, 6) is -7.82. The minimum Gasteiger partial charge on any atom is -0.459 e. The number of piperazine rings is 1. The Hall–Kier alpha value is -5.22. The van der Waals surface area contributed by atoms with Gasteiger partial charge in [-0.25, -0.2) is 19.6 Å². The molecule has 2 amide bonds. The molecule has 2 bridgehead atoms. The molecule has 1 aromatic rings. The molecule has 5 heterocycles. The number of hydrogen-bond donors (Lipinski definition) is 3. The van der Waals surface area contributed by atoms with Crippen LogP contribution < -0.4 is 10.6 Å². The molecule has 1 aromatic heterocycles. The van der Waals surface area contributed by atoms with Crippen LogP contribution in [0.25, 0.3) is 0 Å². The van der Waals surface area contributed by atoms with E-state index in [0.717, 1.165) is 16.0 Å². The van der Waals surface area contributed by atoms with Gasteiger partial charge in [-0.1, -0.05) is 64.2 Å². The standard InChI is InChI=1S/C60H90N6O14/c1-36-16-12-11-13-17-38(3)49(75-8)32-44-21-19-42(7)60(74,80-44)55(70)56(71)66-23-15-14-18-46(66)57(72)78-50(33-47(67)39(4)29-41(6)53(69)54(77-10)52(68)40(5)28-36)45(61)30-43-20-22-48(51(31-43)76-9)79-59(73)65-26-24-64(25-27-65)58-62-34-37(2)35-63-58/h11-13,16-17,29,34-36,39-40,42-46,48-51,53-54,69,74H,14-15,18-28,30-33,61H2,1-10H3/b13-11+,16-12+,38-17+,41-29+/t36-,39-,40-,42-,43+,44+,45-,46+,48-,49+,50+,51-,53-,54+,60-/m1/s1.